The van der Waals surface area contributed by atoms with Gasteiger partial charge in [0.1, 0.15) is 5.25 Å². The maximum Gasteiger partial charge on any atom is 0.321 e. The Morgan fingerprint density at radius 1 is 0.893 bits per heavy atom. The number of benzene rings is 2. The van der Waals surface area contributed by atoms with Gasteiger partial charge in [-0.15, -0.1) is 10.2 Å². The van der Waals surface area contributed by atoms with Crippen molar-refractivity contribution in [2.45, 2.75) is 10.4 Å². The van der Waals surface area contributed by atoms with Crippen LogP contribution in [0.25, 0.3) is 17.1 Å². The molecule has 0 bridgehead atoms. The van der Waals surface area contributed by atoms with Gasteiger partial charge < -0.3 is 5.11 Å². The van der Waals surface area contributed by atoms with Gasteiger partial charge in [-0.1, -0.05) is 60.3 Å². The molecule has 0 unspecified atom stereocenters. The van der Waals surface area contributed by atoms with E-state index in [0.29, 0.717) is 16.5 Å². The molecule has 0 aliphatic heterocycles. The van der Waals surface area contributed by atoms with E-state index in [9.17, 15) is 9.90 Å². The number of nitrogens with zero attached hydrogens (tertiary/aromatic N) is 4. The number of hydrogen-bond donors (Lipinski definition) is 1. The fraction of sp³-hybridized carbons (Fsp3) is 0.0476. The van der Waals surface area contributed by atoms with E-state index in [1.54, 1.807) is 24.5 Å². The zero-order chi connectivity index (χ0) is 19.3. The molecular formula is C21H16N4O2S. The number of hydrogen-bond acceptors (Lipinski definition) is 5. The molecule has 1 atom stereocenters. The first-order valence-corrected chi connectivity index (χ1v) is 9.47. The van der Waals surface area contributed by atoms with Gasteiger partial charge >= 0.3 is 5.97 Å². The average Bonchev–Trinajstić information content (AvgIpc) is 3.17. The van der Waals surface area contributed by atoms with Crippen molar-refractivity contribution in [1.82, 2.24) is 19.7 Å². The molecule has 0 radical (unpaired) electrons. The largest absolute Gasteiger partial charge is 0.480 e. The first kappa shape index (κ1) is 17.9. The van der Waals surface area contributed by atoms with Gasteiger partial charge in [0.2, 0.25) is 0 Å². The second-order valence-electron chi connectivity index (χ2n) is 5.96. The minimum absolute atomic E-state index is 0.509. The topological polar surface area (TPSA) is 80.9 Å². The van der Waals surface area contributed by atoms with E-state index in [4.69, 9.17) is 0 Å². The van der Waals surface area contributed by atoms with Crippen LogP contribution in [0.5, 0.6) is 0 Å². The van der Waals surface area contributed by atoms with Gasteiger partial charge in [0.05, 0.1) is 0 Å². The van der Waals surface area contributed by atoms with Crippen molar-refractivity contribution < 1.29 is 9.90 Å². The van der Waals surface area contributed by atoms with Crippen LogP contribution < -0.4 is 0 Å². The molecule has 138 valence electrons. The number of thioether (sulfide) groups is 1. The zero-order valence-electron chi connectivity index (χ0n) is 14.7. The fourth-order valence-corrected chi connectivity index (χ4v) is 3.83. The summed E-state index contributed by atoms with van der Waals surface area (Å²) >= 11 is 1.16. The van der Waals surface area contributed by atoms with E-state index in [0.717, 1.165) is 23.0 Å². The number of carboxylic acid groups (broad SMARTS) is 1. The van der Waals surface area contributed by atoms with Crippen LogP contribution in [-0.2, 0) is 4.79 Å². The van der Waals surface area contributed by atoms with E-state index in [2.05, 4.69) is 15.2 Å². The maximum atomic E-state index is 11.9. The molecule has 0 aliphatic carbocycles. The third-order valence-corrected chi connectivity index (χ3v) is 5.32. The smallest absolute Gasteiger partial charge is 0.321 e. The summed E-state index contributed by atoms with van der Waals surface area (Å²) < 4.78 is 1.87. The van der Waals surface area contributed by atoms with Crippen LogP contribution in [-0.4, -0.2) is 30.8 Å². The first-order chi connectivity index (χ1) is 13.7. The standard InChI is InChI=1S/C21H16N4O2S/c26-20(27)18(15-7-3-1-4-8-15)28-21-24-23-19(16-11-13-22-14-12-16)25(21)17-9-5-2-6-10-17/h1-14,18H,(H,26,27)/t18-/m0/s1. The number of pyridine rings is 1. The molecule has 6 nitrogen and oxygen atoms in total. The number of para-hydroxylation sites is 1. The number of carbonyl (C=O) groups is 1. The van der Waals surface area contributed by atoms with Crippen LogP contribution in [0.15, 0.2) is 90.3 Å². The number of rotatable bonds is 6. The van der Waals surface area contributed by atoms with Crippen molar-refractivity contribution in [3.8, 4) is 17.1 Å². The van der Waals surface area contributed by atoms with Crippen molar-refractivity contribution >= 4 is 17.7 Å². The van der Waals surface area contributed by atoms with E-state index in [1.807, 2.05) is 65.2 Å². The molecule has 0 amide bonds. The van der Waals surface area contributed by atoms with Crippen LogP contribution in [0.2, 0.25) is 0 Å². The molecule has 7 heteroatoms. The van der Waals surface area contributed by atoms with Crippen molar-refractivity contribution in [1.29, 1.82) is 0 Å². The Morgan fingerprint density at radius 2 is 1.54 bits per heavy atom. The number of carboxylic acids is 1. The molecule has 0 spiro atoms. The molecule has 2 aromatic heterocycles. The van der Waals surface area contributed by atoms with Gasteiger partial charge in [-0.05, 0) is 29.8 Å². The van der Waals surface area contributed by atoms with Crippen molar-refractivity contribution in [2.24, 2.45) is 0 Å². The summed E-state index contributed by atoms with van der Waals surface area (Å²) in [5.74, 6) is -0.294. The van der Waals surface area contributed by atoms with E-state index < -0.39 is 11.2 Å². The fourth-order valence-electron chi connectivity index (χ4n) is 2.84. The Balaban J connectivity index is 1.81. The zero-order valence-corrected chi connectivity index (χ0v) is 15.5. The Bertz CT molecular complexity index is 1070. The van der Waals surface area contributed by atoms with Gasteiger partial charge in [0, 0.05) is 23.6 Å². The van der Waals surface area contributed by atoms with Crippen LogP contribution >= 0.6 is 11.8 Å². The second kappa shape index (κ2) is 8.06. The normalized spacial score (nSPS) is 11.9. The number of aliphatic carboxylic acids is 1. The third-order valence-electron chi connectivity index (χ3n) is 4.14. The molecule has 4 aromatic rings. The van der Waals surface area contributed by atoms with Crippen LogP contribution in [0.1, 0.15) is 10.8 Å². The SMILES string of the molecule is O=C(O)[C@@H](Sc1nnc(-c2ccncc2)n1-c1ccccc1)c1ccccc1. The predicted molar refractivity (Wildman–Crippen MR) is 107 cm³/mol. The summed E-state index contributed by atoms with van der Waals surface area (Å²) in [5, 5.41) is 18.2. The minimum atomic E-state index is -0.927. The van der Waals surface area contributed by atoms with Crippen molar-refractivity contribution in [3.05, 3.63) is 90.8 Å². The van der Waals surface area contributed by atoms with Gasteiger partial charge in [-0.2, -0.15) is 0 Å². The molecule has 2 aromatic carbocycles. The summed E-state index contributed by atoms with van der Waals surface area (Å²) in [7, 11) is 0. The maximum absolute atomic E-state index is 11.9. The first-order valence-electron chi connectivity index (χ1n) is 8.59. The van der Waals surface area contributed by atoms with E-state index in [1.165, 1.54) is 0 Å². The van der Waals surface area contributed by atoms with Gasteiger partial charge in [-0.25, -0.2) is 0 Å². The lowest BCUT2D eigenvalue weighted by atomic mass is 10.1. The highest BCUT2D eigenvalue weighted by Crippen LogP contribution is 2.37. The average molecular weight is 388 g/mol. The third kappa shape index (κ3) is 3.65. The van der Waals surface area contributed by atoms with Gasteiger partial charge in [0.25, 0.3) is 0 Å². The van der Waals surface area contributed by atoms with E-state index in [-0.39, 0.29) is 0 Å². The Hall–Kier alpha value is -3.45. The lowest BCUT2D eigenvalue weighted by molar-refractivity contribution is -0.136. The lowest BCUT2D eigenvalue weighted by Crippen LogP contribution is -2.09. The highest BCUT2D eigenvalue weighted by Gasteiger charge is 2.26. The monoisotopic (exact) mass is 388 g/mol. The molecule has 4 rings (SSSR count). The van der Waals surface area contributed by atoms with Gasteiger partial charge in [-0.3, -0.25) is 14.3 Å². The molecule has 0 saturated carbocycles. The molecule has 0 saturated heterocycles. The molecule has 2 heterocycles. The lowest BCUT2D eigenvalue weighted by Gasteiger charge is -2.14. The highest BCUT2D eigenvalue weighted by atomic mass is 32.2. The van der Waals surface area contributed by atoms with Gasteiger partial charge in [0.15, 0.2) is 11.0 Å². The van der Waals surface area contributed by atoms with E-state index >= 15 is 0 Å². The molecule has 0 aliphatic rings. The summed E-state index contributed by atoms with van der Waals surface area (Å²) in [5.41, 5.74) is 2.41. The highest BCUT2D eigenvalue weighted by molar-refractivity contribution is 8.00. The Morgan fingerprint density at radius 3 is 2.18 bits per heavy atom. The molecule has 0 fully saturated rings. The number of aromatic nitrogens is 4. The van der Waals surface area contributed by atoms with Crippen molar-refractivity contribution in [2.75, 3.05) is 0 Å². The van der Waals surface area contributed by atoms with Crippen molar-refractivity contribution in [3.63, 3.8) is 0 Å². The Labute approximate surface area is 165 Å². The summed E-state index contributed by atoms with van der Waals surface area (Å²) in [6.45, 7) is 0. The summed E-state index contributed by atoms with van der Waals surface area (Å²) in [6, 6.07) is 22.5. The molecule has 1 N–H and O–H groups in total. The second-order valence-corrected chi connectivity index (χ2v) is 7.03. The van der Waals surface area contributed by atoms with Crippen LogP contribution in [0, 0.1) is 0 Å². The molecular weight excluding hydrogens is 372 g/mol. The van der Waals surface area contributed by atoms with Crippen LogP contribution in [0.4, 0.5) is 0 Å². The Kier molecular flexibility index (Phi) is 5.16. The molecule has 28 heavy (non-hydrogen) atoms. The summed E-state index contributed by atoms with van der Waals surface area (Å²) in [4.78, 5) is 16.0. The summed E-state index contributed by atoms with van der Waals surface area (Å²) in [6.07, 6.45) is 3.38. The van der Waals surface area contributed by atoms with Crippen LogP contribution in [0.3, 0.4) is 0 Å². The minimum Gasteiger partial charge on any atom is -0.480 e. The quantitative estimate of drug-likeness (QED) is 0.498. The predicted octanol–water partition coefficient (Wildman–Crippen LogP) is 4.25.